The Kier molecular flexibility index (Phi) is 5.66. The smallest absolute Gasteiger partial charge is 0.282 e. The second-order valence-corrected chi connectivity index (χ2v) is 8.80. The summed E-state index contributed by atoms with van der Waals surface area (Å²) in [5.74, 6) is -0.716. The van der Waals surface area contributed by atoms with Crippen LogP contribution in [-0.2, 0) is 9.59 Å². The molecule has 0 aliphatic carbocycles. The summed E-state index contributed by atoms with van der Waals surface area (Å²) in [6.45, 7) is 9.72. The first-order valence-corrected chi connectivity index (χ1v) is 10.9. The van der Waals surface area contributed by atoms with Crippen LogP contribution in [-0.4, -0.2) is 11.8 Å². The summed E-state index contributed by atoms with van der Waals surface area (Å²) in [4.78, 5) is 28.6. The summed E-state index contributed by atoms with van der Waals surface area (Å²) >= 11 is 6.30. The number of imide groups is 1. The molecule has 1 heterocycles. The van der Waals surface area contributed by atoms with Crippen LogP contribution in [0, 0.1) is 34.6 Å². The SMILES string of the molecule is Cc1ccc(C2=C(Nc3ccc(C)c(Cl)c3)C(=O)N(c3cc(C)ccc3C)C2=O)c(C)c1. The molecule has 0 saturated carbocycles. The molecule has 3 aromatic rings. The first-order chi connectivity index (χ1) is 15.2. The van der Waals surface area contributed by atoms with E-state index >= 15 is 0 Å². The zero-order chi connectivity index (χ0) is 23.2. The summed E-state index contributed by atoms with van der Waals surface area (Å²) < 4.78 is 0. The Labute approximate surface area is 193 Å². The van der Waals surface area contributed by atoms with Gasteiger partial charge in [-0.25, -0.2) is 4.90 Å². The molecule has 4 rings (SSSR count). The second-order valence-electron chi connectivity index (χ2n) is 8.39. The van der Waals surface area contributed by atoms with Crippen LogP contribution in [0.1, 0.15) is 33.4 Å². The highest BCUT2D eigenvalue weighted by atomic mass is 35.5. The number of aryl methyl sites for hydroxylation is 5. The van der Waals surface area contributed by atoms with Crippen LogP contribution >= 0.6 is 11.6 Å². The lowest BCUT2D eigenvalue weighted by Gasteiger charge is -2.18. The van der Waals surface area contributed by atoms with Gasteiger partial charge in [0.05, 0.1) is 11.3 Å². The maximum atomic E-state index is 13.7. The lowest BCUT2D eigenvalue weighted by Crippen LogP contribution is -2.33. The molecule has 2 amide bonds. The number of rotatable bonds is 4. The fourth-order valence-electron chi connectivity index (χ4n) is 3.98. The van der Waals surface area contributed by atoms with Gasteiger partial charge in [-0.05, 0) is 80.6 Å². The Bertz CT molecular complexity index is 1310. The van der Waals surface area contributed by atoms with Crippen molar-refractivity contribution in [2.75, 3.05) is 10.2 Å². The summed E-state index contributed by atoms with van der Waals surface area (Å²) in [7, 11) is 0. The molecule has 0 spiro atoms. The van der Waals surface area contributed by atoms with Crippen molar-refractivity contribution >= 4 is 40.4 Å². The van der Waals surface area contributed by atoms with E-state index < -0.39 is 0 Å². The summed E-state index contributed by atoms with van der Waals surface area (Å²) in [5, 5.41) is 3.79. The Balaban J connectivity index is 1.89. The first kappa shape index (κ1) is 21.8. The minimum absolute atomic E-state index is 0.253. The minimum Gasteiger partial charge on any atom is -0.350 e. The third-order valence-electron chi connectivity index (χ3n) is 5.78. The molecule has 0 fully saturated rings. The molecule has 0 saturated heterocycles. The number of hydrogen-bond acceptors (Lipinski definition) is 3. The molecule has 32 heavy (non-hydrogen) atoms. The second kappa shape index (κ2) is 8.29. The molecular weight excluding hydrogens is 420 g/mol. The molecule has 5 heteroatoms. The summed E-state index contributed by atoms with van der Waals surface area (Å²) in [6.07, 6.45) is 0. The molecule has 162 valence electrons. The number of anilines is 2. The number of amides is 2. The standard InChI is InChI=1S/C27H25ClN2O2/c1-15-7-11-21(19(5)12-15)24-25(29-20-10-9-17(3)22(28)14-20)27(32)30(26(24)31)23-13-16(2)6-8-18(23)4/h6-14,29H,1-5H3. The van der Waals surface area contributed by atoms with Crippen molar-refractivity contribution in [1.82, 2.24) is 0 Å². The molecule has 3 aromatic carbocycles. The van der Waals surface area contributed by atoms with Crippen LogP contribution in [0.3, 0.4) is 0 Å². The zero-order valence-electron chi connectivity index (χ0n) is 18.8. The summed E-state index contributed by atoms with van der Waals surface area (Å²) in [6, 6.07) is 17.1. The fraction of sp³-hybridized carbons (Fsp3) is 0.185. The molecular formula is C27H25ClN2O2. The Morgan fingerprint density at radius 1 is 0.719 bits per heavy atom. The van der Waals surface area contributed by atoms with Gasteiger partial charge in [0, 0.05) is 10.7 Å². The molecule has 0 aromatic heterocycles. The average molecular weight is 445 g/mol. The predicted octanol–water partition coefficient (Wildman–Crippen LogP) is 6.28. The van der Waals surface area contributed by atoms with Crippen LogP contribution in [0.25, 0.3) is 5.57 Å². The third-order valence-corrected chi connectivity index (χ3v) is 6.19. The first-order valence-electron chi connectivity index (χ1n) is 10.5. The largest absolute Gasteiger partial charge is 0.350 e. The van der Waals surface area contributed by atoms with E-state index in [4.69, 9.17) is 11.6 Å². The Morgan fingerprint density at radius 2 is 1.38 bits per heavy atom. The van der Waals surface area contributed by atoms with E-state index in [9.17, 15) is 9.59 Å². The van der Waals surface area contributed by atoms with Crippen molar-refractivity contribution in [3.05, 3.63) is 98.7 Å². The highest BCUT2D eigenvalue weighted by Gasteiger charge is 2.41. The van der Waals surface area contributed by atoms with Gasteiger partial charge in [-0.15, -0.1) is 0 Å². The maximum absolute atomic E-state index is 13.7. The van der Waals surface area contributed by atoms with Crippen molar-refractivity contribution in [3.63, 3.8) is 0 Å². The number of nitrogens with one attached hydrogen (secondary N) is 1. The van der Waals surface area contributed by atoms with E-state index in [0.717, 1.165) is 33.4 Å². The van der Waals surface area contributed by atoms with Gasteiger partial charge >= 0.3 is 0 Å². The monoisotopic (exact) mass is 444 g/mol. The van der Waals surface area contributed by atoms with Crippen molar-refractivity contribution < 1.29 is 9.59 Å². The van der Waals surface area contributed by atoms with Gasteiger partial charge in [0.25, 0.3) is 11.8 Å². The van der Waals surface area contributed by atoms with E-state index in [1.54, 1.807) is 6.07 Å². The molecule has 0 radical (unpaired) electrons. The van der Waals surface area contributed by atoms with Gasteiger partial charge < -0.3 is 5.32 Å². The highest BCUT2D eigenvalue weighted by Crippen LogP contribution is 2.37. The molecule has 4 nitrogen and oxygen atoms in total. The quantitative estimate of drug-likeness (QED) is 0.482. The normalized spacial score (nSPS) is 13.9. The van der Waals surface area contributed by atoms with Crippen LogP contribution < -0.4 is 10.2 Å². The molecule has 0 atom stereocenters. The lowest BCUT2D eigenvalue weighted by molar-refractivity contribution is -0.120. The topological polar surface area (TPSA) is 49.4 Å². The third kappa shape index (κ3) is 3.82. The van der Waals surface area contributed by atoms with Crippen LogP contribution in [0.5, 0.6) is 0 Å². The minimum atomic E-state index is -0.379. The van der Waals surface area contributed by atoms with Crippen LogP contribution in [0.4, 0.5) is 11.4 Å². The van der Waals surface area contributed by atoms with Crippen LogP contribution in [0.2, 0.25) is 5.02 Å². The molecule has 1 aliphatic heterocycles. The number of halogens is 1. The Morgan fingerprint density at radius 3 is 2.06 bits per heavy atom. The van der Waals surface area contributed by atoms with E-state index in [1.165, 1.54) is 4.90 Å². The van der Waals surface area contributed by atoms with Crippen molar-refractivity contribution in [1.29, 1.82) is 0 Å². The van der Waals surface area contributed by atoms with Gasteiger partial charge in [-0.3, -0.25) is 9.59 Å². The molecule has 1 N–H and O–H groups in total. The van der Waals surface area contributed by atoms with Crippen LogP contribution in [0.15, 0.2) is 60.3 Å². The predicted molar refractivity (Wildman–Crippen MR) is 131 cm³/mol. The fourth-order valence-corrected chi connectivity index (χ4v) is 4.16. The number of hydrogen-bond donors (Lipinski definition) is 1. The summed E-state index contributed by atoms with van der Waals surface area (Å²) in [5.41, 5.74) is 7.41. The van der Waals surface area contributed by atoms with E-state index in [2.05, 4.69) is 5.32 Å². The van der Waals surface area contributed by atoms with Crippen molar-refractivity contribution in [3.8, 4) is 0 Å². The Hall–Kier alpha value is -3.37. The highest BCUT2D eigenvalue weighted by molar-refractivity contribution is 6.46. The van der Waals surface area contributed by atoms with E-state index in [0.29, 0.717) is 22.0 Å². The lowest BCUT2D eigenvalue weighted by atomic mass is 9.97. The number of carbonyl (C=O) groups excluding carboxylic acids is 2. The van der Waals surface area contributed by atoms with Crippen molar-refractivity contribution in [2.45, 2.75) is 34.6 Å². The van der Waals surface area contributed by atoms with Gasteiger partial charge in [-0.2, -0.15) is 0 Å². The van der Waals surface area contributed by atoms with Gasteiger partial charge in [0.2, 0.25) is 0 Å². The molecule has 0 bridgehead atoms. The van der Waals surface area contributed by atoms with Gasteiger partial charge in [0.15, 0.2) is 0 Å². The average Bonchev–Trinajstić information content (AvgIpc) is 2.96. The number of nitrogens with zero attached hydrogens (tertiary/aromatic N) is 1. The van der Waals surface area contributed by atoms with Gasteiger partial charge in [-0.1, -0.05) is 53.6 Å². The van der Waals surface area contributed by atoms with E-state index in [1.807, 2.05) is 83.1 Å². The number of carbonyl (C=O) groups is 2. The maximum Gasteiger partial charge on any atom is 0.282 e. The molecule has 1 aliphatic rings. The van der Waals surface area contributed by atoms with Gasteiger partial charge in [0.1, 0.15) is 5.70 Å². The van der Waals surface area contributed by atoms with E-state index in [-0.39, 0.29) is 17.5 Å². The van der Waals surface area contributed by atoms with Crippen molar-refractivity contribution in [2.24, 2.45) is 0 Å². The zero-order valence-corrected chi connectivity index (χ0v) is 19.6. The number of benzene rings is 3. The molecule has 0 unspecified atom stereocenters.